The predicted octanol–water partition coefficient (Wildman–Crippen LogP) is 1.93. The molecule has 0 N–H and O–H groups in total. The van der Waals surface area contributed by atoms with Gasteiger partial charge in [-0.1, -0.05) is 5.92 Å². The third-order valence-corrected chi connectivity index (χ3v) is 5.33. The van der Waals surface area contributed by atoms with Gasteiger partial charge in [0, 0.05) is 26.2 Å². The SMILES string of the molecule is C#CCN1CCN(c2ncnc3sc(C(=O)OCC)c(C)c23)CC1. The lowest BCUT2D eigenvalue weighted by Gasteiger charge is -2.34. The summed E-state index contributed by atoms with van der Waals surface area (Å²) >= 11 is 1.37. The Labute approximate surface area is 145 Å². The van der Waals surface area contributed by atoms with E-state index in [4.69, 9.17) is 11.2 Å². The summed E-state index contributed by atoms with van der Waals surface area (Å²) < 4.78 is 5.15. The van der Waals surface area contributed by atoms with Crippen molar-refractivity contribution >= 4 is 33.3 Å². The van der Waals surface area contributed by atoms with Crippen LogP contribution in [0.2, 0.25) is 0 Å². The first kappa shape index (κ1) is 16.7. The monoisotopic (exact) mass is 344 g/mol. The molecule has 6 nitrogen and oxygen atoms in total. The lowest BCUT2D eigenvalue weighted by molar-refractivity contribution is 0.0531. The molecule has 1 fully saturated rings. The number of rotatable bonds is 4. The van der Waals surface area contributed by atoms with Gasteiger partial charge in [-0.2, -0.15) is 0 Å². The number of fused-ring (bicyclic) bond motifs is 1. The summed E-state index contributed by atoms with van der Waals surface area (Å²) in [6.07, 6.45) is 6.95. The third-order valence-electron chi connectivity index (χ3n) is 4.15. The standard InChI is InChI=1S/C17H20N4O2S/c1-4-6-20-7-9-21(10-8-20)15-13-12(3)14(17(22)23-5-2)24-16(13)19-11-18-15/h1,11H,5-10H2,2-3H3. The second-order valence-corrected chi connectivity index (χ2v) is 6.62. The zero-order chi connectivity index (χ0) is 17.1. The number of aryl methyl sites for hydroxylation is 1. The summed E-state index contributed by atoms with van der Waals surface area (Å²) in [7, 11) is 0. The van der Waals surface area contributed by atoms with Crippen molar-refractivity contribution in [3.8, 4) is 12.3 Å². The Balaban J connectivity index is 1.92. The number of nitrogens with zero attached hydrogens (tertiary/aromatic N) is 4. The summed E-state index contributed by atoms with van der Waals surface area (Å²) in [6, 6.07) is 0. The highest BCUT2D eigenvalue weighted by molar-refractivity contribution is 7.20. The van der Waals surface area contributed by atoms with Crippen LogP contribution in [-0.2, 0) is 4.74 Å². The summed E-state index contributed by atoms with van der Waals surface area (Å²) in [4.78, 5) is 26.9. The molecule has 2 aromatic heterocycles. The molecular formula is C17H20N4O2S. The number of aromatic nitrogens is 2. The van der Waals surface area contributed by atoms with Crippen LogP contribution in [-0.4, -0.2) is 60.2 Å². The van der Waals surface area contributed by atoms with Gasteiger partial charge in [-0.05, 0) is 19.4 Å². The number of terminal acetylenes is 1. The van der Waals surface area contributed by atoms with Gasteiger partial charge in [-0.25, -0.2) is 14.8 Å². The Morgan fingerprint density at radius 1 is 1.38 bits per heavy atom. The van der Waals surface area contributed by atoms with Crippen LogP contribution in [0.15, 0.2) is 6.33 Å². The Kier molecular flexibility index (Phi) is 4.97. The number of piperazine rings is 1. The lowest BCUT2D eigenvalue weighted by Crippen LogP contribution is -2.46. The van der Waals surface area contributed by atoms with Gasteiger partial charge >= 0.3 is 5.97 Å². The van der Waals surface area contributed by atoms with Crippen molar-refractivity contribution in [3.63, 3.8) is 0 Å². The van der Waals surface area contributed by atoms with Crippen LogP contribution in [0.4, 0.5) is 5.82 Å². The maximum Gasteiger partial charge on any atom is 0.348 e. The number of hydrogen-bond acceptors (Lipinski definition) is 7. The Morgan fingerprint density at radius 3 is 2.79 bits per heavy atom. The molecule has 1 aliphatic heterocycles. The first-order valence-electron chi connectivity index (χ1n) is 7.97. The molecular weight excluding hydrogens is 324 g/mol. The molecule has 0 atom stereocenters. The van der Waals surface area contributed by atoms with E-state index in [-0.39, 0.29) is 5.97 Å². The Hall–Kier alpha value is -2.17. The minimum absolute atomic E-state index is 0.289. The predicted molar refractivity (Wildman–Crippen MR) is 95.6 cm³/mol. The summed E-state index contributed by atoms with van der Waals surface area (Å²) in [6.45, 7) is 8.32. The topological polar surface area (TPSA) is 58.6 Å². The van der Waals surface area contributed by atoms with E-state index < -0.39 is 0 Å². The summed E-state index contributed by atoms with van der Waals surface area (Å²) in [5.41, 5.74) is 0.898. The van der Waals surface area contributed by atoms with E-state index in [0.717, 1.165) is 47.8 Å². The van der Waals surface area contributed by atoms with Crippen molar-refractivity contribution in [1.82, 2.24) is 14.9 Å². The Bertz CT molecular complexity index is 788. The lowest BCUT2D eigenvalue weighted by atomic mass is 10.2. The number of ether oxygens (including phenoxy) is 1. The van der Waals surface area contributed by atoms with Gasteiger partial charge in [0.1, 0.15) is 21.9 Å². The van der Waals surface area contributed by atoms with E-state index in [9.17, 15) is 4.79 Å². The molecule has 0 bridgehead atoms. The van der Waals surface area contributed by atoms with E-state index in [1.54, 1.807) is 6.33 Å². The molecule has 0 spiro atoms. The van der Waals surface area contributed by atoms with E-state index in [2.05, 4.69) is 25.7 Å². The van der Waals surface area contributed by atoms with Crippen LogP contribution in [0.5, 0.6) is 0 Å². The molecule has 3 heterocycles. The quantitative estimate of drug-likeness (QED) is 0.624. The van der Waals surface area contributed by atoms with E-state index in [0.29, 0.717) is 18.0 Å². The molecule has 0 aliphatic carbocycles. The van der Waals surface area contributed by atoms with Crippen molar-refractivity contribution in [2.45, 2.75) is 13.8 Å². The minimum atomic E-state index is -0.289. The van der Waals surface area contributed by atoms with E-state index in [1.807, 2.05) is 13.8 Å². The molecule has 126 valence electrons. The number of carbonyl (C=O) groups is 1. The highest BCUT2D eigenvalue weighted by atomic mass is 32.1. The van der Waals surface area contributed by atoms with Gasteiger partial charge in [-0.3, -0.25) is 4.90 Å². The van der Waals surface area contributed by atoms with Gasteiger partial charge < -0.3 is 9.64 Å². The van der Waals surface area contributed by atoms with Crippen molar-refractivity contribution in [2.24, 2.45) is 0 Å². The first-order chi connectivity index (χ1) is 11.7. The molecule has 2 aromatic rings. The largest absolute Gasteiger partial charge is 0.462 e. The van der Waals surface area contributed by atoms with Crippen LogP contribution < -0.4 is 4.90 Å². The van der Waals surface area contributed by atoms with Gasteiger partial charge in [-0.15, -0.1) is 17.8 Å². The second kappa shape index (κ2) is 7.16. The highest BCUT2D eigenvalue weighted by Gasteiger charge is 2.24. The first-order valence-corrected chi connectivity index (χ1v) is 8.79. The highest BCUT2D eigenvalue weighted by Crippen LogP contribution is 2.35. The smallest absolute Gasteiger partial charge is 0.348 e. The molecule has 0 saturated carbocycles. The summed E-state index contributed by atoms with van der Waals surface area (Å²) in [5.74, 6) is 3.29. The molecule has 24 heavy (non-hydrogen) atoms. The molecule has 1 saturated heterocycles. The summed E-state index contributed by atoms with van der Waals surface area (Å²) in [5, 5.41) is 0.955. The van der Waals surface area contributed by atoms with Gasteiger partial charge in [0.25, 0.3) is 0 Å². The number of anilines is 1. The number of carbonyl (C=O) groups excluding carboxylic acids is 1. The average molecular weight is 344 g/mol. The zero-order valence-electron chi connectivity index (χ0n) is 13.9. The molecule has 7 heteroatoms. The number of thiophene rings is 1. The second-order valence-electron chi connectivity index (χ2n) is 5.62. The third kappa shape index (κ3) is 3.07. The molecule has 0 radical (unpaired) electrons. The average Bonchev–Trinajstić information content (AvgIpc) is 2.93. The molecule has 0 amide bonds. The fourth-order valence-corrected chi connectivity index (χ4v) is 3.97. The molecule has 0 aromatic carbocycles. The van der Waals surface area contributed by atoms with Gasteiger partial charge in [0.05, 0.1) is 18.5 Å². The number of hydrogen-bond donors (Lipinski definition) is 0. The Morgan fingerprint density at radius 2 is 2.12 bits per heavy atom. The van der Waals surface area contributed by atoms with E-state index >= 15 is 0 Å². The van der Waals surface area contributed by atoms with Crippen LogP contribution in [0.1, 0.15) is 22.2 Å². The molecule has 0 unspecified atom stereocenters. The van der Waals surface area contributed by atoms with Gasteiger partial charge in [0.2, 0.25) is 0 Å². The van der Waals surface area contributed by atoms with Gasteiger partial charge in [0.15, 0.2) is 0 Å². The van der Waals surface area contributed by atoms with E-state index in [1.165, 1.54) is 11.3 Å². The van der Waals surface area contributed by atoms with Crippen molar-refractivity contribution < 1.29 is 9.53 Å². The number of esters is 1. The maximum absolute atomic E-state index is 12.1. The fourth-order valence-electron chi connectivity index (χ4n) is 2.93. The van der Waals surface area contributed by atoms with Crippen LogP contribution in [0.3, 0.4) is 0 Å². The van der Waals surface area contributed by atoms with Crippen molar-refractivity contribution in [3.05, 3.63) is 16.8 Å². The van der Waals surface area contributed by atoms with Crippen LogP contribution >= 0.6 is 11.3 Å². The van der Waals surface area contributed by atoms with Crippen molar-refractivity contribution in [2.75, 3.05) is 44.2 Å². The maximum atomic E-state index is 12.1. The fraction of sp³-hybridized carbons (Fsp3) is 0.471. The minimum Gasteiger partial charge on any atom is -0.462 e. The normalized spacial score (nSPS) is 15.5. The molecule has 3 rings (SSSR count). The van der Waals surface area contributed by atoms with Crippen molar-refractivity contribution in [1.29, 1.82) is 0 Å². The van der Waals surface area contributed by atoms with Crippen LogP contribution in [0, 0.1) is 19.3 Å². The van der Waals surface area contributed by atoms with Crippen LogP contribution in [0.25, 0.3) is 10.2 Å². The zero-order valence-corrected chi connectivity index (χ0v) is 14.7. The molecule has 1 aliphatic rings.